The van der Waals surface area contributed by atoms with E-state index in [1.54, 1.807) is 0 Å². The van der Waals surface area contributed by atoms with Crippen molar-refractivity contribution in [3.63, 3.8) is 0 Å². The second kappa shape index (κ2) is 3.04. The van der Waals surface area contributed by atoms with Crippen molar-refractivity contribution in [2.45, 2.75) is 25.8 Å². The summed E-state index contributed by atoms with van der Waals surface area (Å²) in [4.78, 5) is 0. The molecule has 13 heavy (non-hydrogen) atoms. The summed E-state index contributed by atoms with van der Waals surface area (Å²) in [6.07, 6.45) is 2.57. The van der Waals surface area contributed by atoms with Crippen molar-refractivity contribution < 1.29 is 0 Å². The molecule has 0 saturated heterocycles. The Hall–Kier alpha value is -1.02. The van der Waals surface area contributed by atoms with Gasteiger partial charge in [0, 0.05) is 11.7 Å². The van der Waals surface area contributed by atoms with Crippen LogP contribution in [0.15, 0.2) is 18.2 Å². The second-order valence-electron chi connectivity index (χ2n) is 3.98. The van der Waals surface area contributed by atoms with Crippen molar-refractivity contribution >= 4 is 5.69 Å². The van der Waals surface area contributed by atoms with Crippen LogP contribution in [-0.2, 0) is 0 Å². The third-order valence-corrected chi connectivity index (χ3v) is 2.78. The zero-order chi connectivity index (χ0) is 9.42. The van der Waals surface area contributed by atoms with Crippen molar-refractivity contribution in [3.8, 4) is 0 Å². The van der Waals surface area contributed by atoms with Gasteiger partial charge in [-0.05, 0) is 48.9 Å². The van der Waals surface area contributed by atoms with Gasteiger partial charge in [0.05, 0.1) is 0 Å². The molecule has 1 saturated carbocycles. The van der Waals surface area contributed by atoms with Gasteiger partial charge in [0.25, 0.3) is 0 Å². The first-order valence-corrected chi connectivity index (χ1v) is 4.80. The third kappa shape index (κ3) is 1.68. The zero-order valence-electron chi connectivity index (χ0n) is 7.96. The van der Waals surface area contributed by atoms with E-state index in [1.165, 1.54) is 24.0 Å². The smallest absolute Gasteiger partial charge is 0.0326 e. The summed E-state index contributed by atoms with van der Waals surface area (Å²) in [5.74, 6) is 0.710. The zero-order valence-corrected chi connectivity index (χ0v) is 7.96. The van der Waals surface area contributed by atoms with Crippen LogP contribution < -0.4 is 11.5 Å². The van der Waals surface area contributed by atoms with E-state index in [0.29, 0.717) is 5.92 Å². The Bertz CT molecular complexity index is 316. The number of nitrogen functional groups attached to an aromatic ring is 1. The maximum Gasteiger partial charge on any atom is 0.0326 e. The highest BCUT2D eigenvalue weighted by atomic mass is 14.7. The Morgan fingerprint density at radius 2 is 2.08 bits per heavy atom. The molecule has 1 aromatic rings. The Morgan fingerprint density at radius 1 is 1.38 bits per heavy atom. The number of aryl methyl sites for hydroxylation is 1. The summed E-state index contributed by atoms with van der Waals surface area (Å²) in [6.45, 7) is 2.08. The Morgan fingerprint density at radius 3 is 2.62 bits per heavy atom. The fraction of sp³-hybridized carbons (Fsp3) is 0.455. The van der Waals surface area contributed by atoms with Crippen LogP contribution in [0.2, 0.25) is 0 Å². The highest BCUT2D eigenvalue weighted by Crippen LogP contribution is 2.40. The van der Waals surface area contributed by atoms with Crippen molar-refractivity contribution in [2.24, 2.45) is 11.7 Å². The third-order valence-electron chi connectivity index (χ3n) is 2.78. The van der Waals surface area contributed by atoms with Crippen LogP contribution >= 0.6 is 0 Å². The van der Waals surface area contributed by atoms with E-state index in [-0.39, 0.29) is 6.04 Å². The molecule has 0 spiro atoms. The Labute approximate surface area is 78.9 Å². The monoisotopic (exact) mass is 176 g/mol. The van der Waals surface area contributed by atoms with Crippen LogP contribution in [-0.4, -0.2) is 0 Å². The van der Waals surface area contributed by atoms with Gasteiger partial charge in [0.15, 0.2) is 0 Å². The molecular weight excluding hydrogens is 160 g/mol. The molecule has 0 aromatic heterocycles. The van der Waals surface area contributed by atoms with Gasteiger partial charge in [0.1, 0.15) is 0 Å². The second-order valence-corrected chi connectivity index (χ2v) is 3.98. The molecule has 1 aliphatic rings. The molecule has 2 rings (SSSR count). The van der Waals surface area contributed by atoms with Gasteiger partial charge >= 0.3 is 0 Å². The van der Waals surface area contributed by atoms with E-state index in [2.05, 4.69) is 13.0 Å². The van der Waals surface area contributed by atoms with Crippen molar-refractivity contribution in [1.29, 1.82) is 0 Å². The molecule has 2 nitrogen and oxygen atoms in total. The minimum atomic E-state index is 0.223. The molecule has 0 unspecified atom stereocenters. The lowest BCUT2D eigenvalue weighted by atomic mass is 9.98. The molecule has 0 amide bonds. The summed E-state index contributed by atoms with van der Waals surface area (Å²) in [5, 5.41) is 0. The largest absolute Gasteiger partial charge is 0.399 e. The van der Waals surface area contributed by atoms with Crippen LogP contribution in [0.1, 0.15) is 30.0 Å². The first-order valence-electron chi connectivity index (χ1n) is 4.80. The van der Waals surface area contributed by atoms with Crippen LogP contribution in [0, 0.1) is 12.8 Å². The van der Waals surface area contributed by atoms with Gasteiger partial charge in [-0.15, -0.1) is 0 Å². The minimum Gasteiger partial charge on any atom is -0.399 e. The lowest BCUT2D eigenvalue weighted by Crippen LogP contribution is -2.13. The number of anilines is 1. The molecule has 0 heterocycles. The highest BCUT2D eigenvalue weighted by molar-refractivity contribution is 5.45. The molecule has 4 N–H and O–H groups in total. The van der Waals surface area contributed by atoms with Crippen LogP contribution in [0.5, 0.6) is 0 Å². The van der Waals surface area contributed by atoms with Crippen molar-refractivity contribution in [1.82, 2.24) is 0 Å². The average molecular weight is 176 g/mol. The molecule has 0 aliphatic heterocycles. The van der Waals surface area contributed by atoms with E-state index < -0.39 is 0 Å². The Balaban J connectivity index is 2.28. The molecule has 0 radical (unpaired) electrons. The van der Waals surface area contributed by atoms with E-state index in [1.807, 2.05) is 12.1 Å². The summed E-state index contributed by atoms with van der Waals surface area (Å²) in [7, 11) is 0. The molecule has 1 aromatic carbocycles. The first-order chi connectivity index (χ1) is 6.18. The fourth-order valence-corrected chi connectivity index (χ4v) is 1.78. The van der Waals surface area contributed by atoms with E-state index in [4.69, 9.17) is 11.5 Å². The van der Waals surface area contributed by atoms with E-state index in [0.717, 1.165) is 5.69 Å². The number of hydrogen-bond donors (Lipinski definition) is 2. The van der Waals surface area contributed by atoms with Gasteiger partial charge in [-0.2, -0.15) is 0 Å². The summed E-state index contributed by atoms with van der Waals surface area (Å²) < 4.78 is 0. The molecule has 1 atom stereocenters. The van der Waals surface area contributed by atoms with Gasteiger partial charge in [-0.25, -0.2) is 0 Å². The van der Waals surface area contributed by atoms with Gasteiger partial charge in [-0.3, -0.25) is 0 Å². The number of rotatable bonds is 2. The lowest BCUT2D eigenvalue weighted by Gasteiger charge is -2.13. The lowest BCUT2D eigenvalue weighted by molar-refractivity contribution is 0.630. The molecule has 1 fully saturated rings. The summed E-state index contributed by atoms with van der Waals surface area (Å²) in [5.41, 5.74) is 15.1. The van der Waals surface area contributed by atoms with Crippen LogP contribution in [0.3, 0.4) is 0 Å². The molecular formula is C11H16N2. The predicted octanol–water partition coefficient (Wildman–Crippen LogP) is 1.99. The standard InChI is InChI=1S/C11H16N2/c1-7-6-9(12)4-5-10(7)11(13)8-2-3-8/h4-6,8,11H,2-3,12-13H2,1H3/t11-/m1/s1. The highest BCUT2D eigenvalue weighted by Gasteiger charge is 2.30. The molecule has 0 bridgehead atoms. The maximum atomic E-state index is 6.11. The fourth-order valence-electron chi connectivity index (χ4n) is 1.78. The van der Waals surface area contributed by atoms with Crippen LogP contribution in [0.25, 0.3) is 0 Å². The molecule has 1 aliphatic carbocycles. The van der Waals surface area contributed by atoms with Crippen molar-refractivity contribution in [2.75, 3.05) is 5.73 Å². The summed E-state index contributed by atoms with van der Waals surface area (Å²) in [6, 6.07) is 6.22. The Kier molecular flexibility index (Phi) is 2.00. The number of nitrogens with two attached hydrogens (primary N) is 2. The molecule has 2 heteroatoms. The normalized spacial score (nSPS) is 18.6. The van der Waals surface area contributed by atoms with E-state index in [9.17, 15) is 0 Å². The van der Waals surface area contributed by atoms with Crippen LogP contribution in [0.4, 0.5) is 5.69 Å². The topological polar surface area (TPSA) is 52.0 Å². The van der Waals surface area contributed by atoms with Gasteiger partial charge in [0.2, 0.25) is 0 Å². The predicted molar refractivity (Wildman–Crippen MR) is 55.2 cm³/mol. The molecule has 70 valence electrons. The van der Waals surface area contributed by atoms with E-state index >= 15 is 0 Å². The number of hydrogen-bond acceptors (Lipinski definition) is 2. The number of benzene rings is 1. The summed E-state index contributed by atoms with van der Waals surface area (Å²) >= 11 is 0. The minimum absolute atomic E-state index is 0.223. The van der Waals surface area contributed by atoms with Gasteiger partial charge in [-0.1, -0.05) is 6.07 Å². The van der Waals surface area contributed by atoms with Crippen molar-refractivity contribution in [3.05, 3.63) is 29.3 Å². The quantitative estimate of drug-likeness (QED) is 0.677. The van der Waals surface area contributed by atoms with Gasteiger partial charge < -0.3 is 11.5 Å². The maximum absolute atomic E-state index is 6.11. The first kappa shape index (κ1) is 8.57. The SMILES string of the molecule is Cc1cc(N)ccc1[C@H](N)C1CC1. The average Bonchev–Trinajstić information content (AvgIpc) is 2.85.